The number of carbonyl (C=O) groups is 1. The highest BCUT2D eigenvalue weighted by atomic mass is 32.1. The van der Waals surface area contributed by atoms with Gasteiger partial charge in [-0.2, -0.15) is 11.3 Å². The minimum atomic E-state index is 0.0847. The number of carbonyl (C=O) groups excluding carboxylic acids is 1. The van der Waals surface area contributed by atoms with Crippen molar-refractivity contribution in [1.29, 1.82) is 0 Å². The summed E-state index contributed by atoms with van der Waals surface area (Å²) in [5.41, 5.74) is 1.08. The van der Waals surface area contributed by atoms with E-state index in [1.807, 2.05) is 42.8 Å². The van der Waals surface area contributed by atoms with Gasteiger partial charge in [-0.1, -0.05) is 0 Å². The molecule has 0 spiro atoms. The first-order chi connectivity index (χ1) is 9.13. The second-order valence-electron chi connectivity index (χ2n) is 4.83. The van der Waals surface area contributed by atoms with Gasteiger partial charge < -0.3 is 9.73 Å². The third kappa shape index (κ3) is 4.56. The van der Waals surface area contributed by atoms with Crippen LogP contribution < -0.4 is 5.32 Å². The van der Waals surface area contributed by atoms with Crippen LogP contribution in [0.5, 0.6) is 0 Å². The molecule has 0 fully saturated rings. The van der Waals surface area contributed by atoms with E-state index >= 15 is 0 Å². The lowest BCUT2D eigenvalue weighted by Crippen LogP contribution is -2.33. The molecule has 0 saturated carbocycles. The van der Waals surface area contributed by atoms with Crippen molar-refractivity contribution >= 4 is 17.2 Å². The molecule has 4 heteroatoms. The Labute approximate surface area is 117 Å². The largest absolute Gasteiger partial charge is 0.466 e. The number of aryl methyl sites for hydroxylation is 2. The van der Waals surface area contributed by atoms with E-state index in [2.05, 4.69) is 5.32 Å². The van der Waals surface area contributed by atoms with Gasteiger partial charge >= 0.3 is 0 Å². The van der Waals surface area contributed by atoms with Gasteiger partial charge in [0.15, 0.2) is 0 Å². The van der Waals surface area contributed by atoms with Gasteiger partial charge in [-0.15, -0.1) is 0 Å². The maximum atomic E-state index is 11.8. The van der Waals surface area contributed by atoms with Crippen LogP contribution in [-0.4, -0.2) is 11.9 Å². The second kappa shape index (κ2) is 6.57. The fourth-order valence-corrected chi connectivity index (χ4v) is 2.62. The maximum Gasteiger partial charge on any atom is 0.224 e. The SMILES string of the molecule is Cc1ccc(CC[C@@H](C)NC(=O)Cc2ccsc2)o1. The van der Waals surface area contributed by atoms with E-state index in [1.165, 1.54) is 0 Å². The van der Waals surface area contributed by atoms with Crippen LogP contribution in [0.15, 0.2) is 33.4 Å². The van der Waals surface area contributed by atoms with E-state index in [-0.39, 0.29) is 11.9 Å². The maximum absolute atomic E-state index is 11.8. The molecule has 0 bridgehead atoms. The minimum absolute atomic E-state index is 0.0847. The van der Waals surface area contributed by atoms with Crippen molar-refractivity contribution in [3.8, 4) is 0 Å². The average Bonchev–Trinajstić information content (AvgIpc) is 2.98. The van der Waals surface area contributed by atoms with Crippen LogP contribution in [0.3, 0.4) is 0 Å². The number of nitrogens with one attached hydrogen (secondary N) is 1. The highest BCUT2D eigenvalue weighted by Gasteiger charge is 2.09. The van der Waals surface area contributed by atoms with Gasteiger partial charge in [0.25, 0.3) is 0 Å². The summed E-state index contributed by atoms with van der Waals surface area (Å²) in [4.78, 5) is 11.8. The first-order valence-electron chi connectivity index (χ1n) is 6.49. The third-order valence-corrected chi connectivity index (χ3v) is 3.70. The van der Waals surface area contributed by atoms with Crippen LogP contribution in [0.1, 0.15) is 30.4 Å². The third-order valence-electron chi connectivity index (χ3n) is 2.97. The molecule has 2 rings (SSSR count). The summed E-state index contributed by atoms with van der Waals surface area (Å²) in [5.74, 6) is 2.00. The van der Waals surface area contributed by atoms with Crippen LogP contribution in [0.25, 0.3) is 0 Å². The second-order valence-corrected chi connectivity index (χ2v) is 5.61. The number of furan rings is 1. The Balaban J connectivity index is 1.71. The molecule has 1 amide bonds. The van der Waals surface area contributed by atoms with Crippen molar-refractivity contribution in [2.75, 3.05) is 0 Å². The summed E-state index contributed by atoms with van der Waals surface area (Å²) in [5, 5.41) is 7.02. The zero-order valence-electron chi connectivity index (χ0n) is 11.3. The molecule has 1 atom stereocenters. The molecular formula is C15H19NO2S. The van der Waals surface area contributed by atoms with Gasteiger partial charge in [-0.25, -0.2) is 0 Å². The van der Waals surface area contributed by atoms with E-state index in [4.69, 9.17) is 4.42 Å². The van der Waals surface area contributed by atoms with E-state index in [0.29, 0.717) is 6.42 Å². The molecule has 0 radical (unpaired) electrons. The molecule has 0 aliphatic rings. The lowest BCUT2D eigenvalue weighted by atomic mass is 10.1. The molecule has 19 heavy (non-hydrogen) atoms. The predicted octanol–water partition coefficient (Wildman–Crippen LogP) is 3.33. The molecule has 2 heterocycles. The first kappa shape index (κ1) is 13.9. The summed E-state index contributed by atoms with van der Waals surface area (Å²) in [6.45, 7) is 3.97. The molecular weight excluding hydrogens is 258 g/mol. The Morgan fingerprint density at radius 1 is 1.42 bits per heavy atom. The Morgan fingerprint density at radius 3 is 2.89 bits per heavy atom. The molecule has 2 aromatic rings. The van der Waals surface area contributed by atoms with Crippen LogP contribution in [0, 0.1) is 6.92 Å². The van der Waals surface area contributed by atoms with E-state index < -0.39 is 0 Å². The number of amides is 1. The van der Waals surface area contributed by atoms with Gasteiger partial charge in [0.2, 0.25) is 5.91 Å². The highest BCUT2D eigenvalue weighted by molar-refractivity contribution is 7.07. The Bertz CT molecular complexity index is 516. The minimum Gasteiger partial charge on any atom is -0.466 e. The smallest absolute Gasteiger partial charge is 0.224 e. The average molecular weight is 277 g/mol. The van der Waals surface area contributed by atoms with Gasteiger partial charge in [0.05, 0.1) is 6.42 Å². The molecule has 0 aliphatic carbocycles. The van der Waals surface area contributed by atoms with E-state index in [1.54, 1.807) is 11.3 Å². The molecule has 1 N–H and O–H groups in total. The van der Waals surface area contributed by atoms with Gasteiger partial charge in [0, 0.05) is 12.5 Å². The van der Waals surface area contributed by atoms with Crippen LogP contribution >= 0.6 is 11.3 Å². The van der Waals surface area contributed by atoms with Crippen molar-refractivity contribution < 1.29 is 9.21 Å². The van der Waals surface area contributed by atoms with Crippen molar-refractivity contribution in [2.24, 2.45) is 0 Å². The quantitative estimate of drug-likeness (QED) is 0.880. The van der Waals surface area contributed by atoms with E-state index in [0.717, 1.165) is 29.9 Å². The van der Waals surface area contributed by atoms with Crippen LogP contribution in [0.4, 0.5) is 0 Å². The number of hydrogen-bond acceptors (Lipinski definition) is 3. The Kier molecular flexibility index (Phi) is 4.80. The fraction of sp³-hybridized carbons (Fsp3) is 0.400. The van der Waals surface area contributed by atoms with Gasteiger partial charge in [-0.05, 0) is 54.8 Å². The standard InChI is InChI=1S/C15H19NO2S/c1-11(3-5-14-6-4-12(2)18-14)16-15(17)9-13-7-8-19-10-13/h4,6-8,10-11H,3,5,9H2,1-2H3,(H,16,17)/t11-/m1/s1. The zero-order chi connectivity index (χ0) is 13.7. The van der Waals surface area contributed by atoms with Crippen molar-refractivity contribution in [3.63, 3.8) is 0 Å². The number of rotatable bonds is 6. The predicted molar refractivity (Wildman–Crippen MR) is 77.4 cm³/mol. The zero-order valence-corrected chi connectivity index (χ0v) is 12.1. The van der Waals surface area contributed by atoms with Gasteiger partial charge in [-0.3, -0.25) is 4.79 Å². The normalized spacial score (nSPS) is 12.3. The van der Waals surface area contributed by atoms with Gasteiger partial charge in [0.1, 0.15) is 11.5 Å². The molecule has 0 aromatic carbocycles. The molecule has 102 valence electrons. The lowest BCUT2D eigenvalue weighted by Gasteiger charge is -2.12. The molecule has 0 unspecified atom stereocenters. The number of hydrogen-bond donors (Lipinski definition) is 1. The number of thiophene rings is 1. The molecule has 0 aliphatic heterocycles. The summed E-state index contributed by atoms with van der Waals surface area (Å²) in [7, 11) is 0. The lowest BCUT2D eigenvalue weighted by molar-refractivity contribution is -0.121. The van der Waals surface area contributed by atoms with Crippen molar-refractivity contribution in [2.45, 2.75) is 39.2 Å². The Morgan fingerprint density at radius 2 is 2.26 bits per heavy atom. The summed E-state index contributed by atoms with van der Waals surface area (Å²) >= 11 is 1.62. The first-order valence-corrected chi connectivity index (χ1v) is 7.43. The summed E-state index contributed by atoms with van der Waals surface area (Å²) in [6, 6.07) is 6.11. The van der Waals surface area contributed by atoms with Crippen molar-refractivity contribution in [1.82, 2.24) is 5.32 Å². The van der Waals surface area contributed by atoms with Crippen LogP contribution in [0.2, 0.25) is 0 Å². The molecule has 2 aromatic heterocycles. The topological polar surface area (TPSA) is 42.2 Å². The Hall–Kier alpha value is -1.55. The molecule has 3 nitrogen and oxygen atoms in total. The summed E-state index contributed by atoms with van der Waals surface area (Å²) < 4.78 is 5.51. The summed E-state index contributed by atoms with van der Waals surface area (Å²) in [6.07, 6.45) is 2.21. The highest BCUT2D eigenvalue weighted by Crippen LogP contribution is 2.10. The molecule has 0 saturated heterocycles. The van der Waals surface area contributed by atoms with Crippen LogP contribution in [-0.2, 0) is 17.6 Å². The monoisotopic (exact) mass is 277 g/mol. The fourth-order valence-electron chi connectivity index (χ4n) is 1.95. The van der Waals surface area contributed by atoms with Crippen molar-refractivity contribution in [3.05, 3.63) is 46.0 Å². The van der Waals surface area contributed by atoms with E-state index in [9.17, 15) is 4.79 Å².